The Morgan fingerprint density at radius 3 is 2.58 bits per heavy atom. The number of hydrogen-bond acceptors (Lipinski definition) is 4. The fourth-order valence-corrected chi connectivity index (χ4v) is 4.26. The normalized spacial score (nSPS) is 16.0. The fraction of sp³-hybridized carbons (Fsp3) is 0.360. The standard InChI is InChI=1S/C25H26FN3O2/c26-21-10-6-9-20(15-21)24(30)29(16-18-11-12-18)17-22-23(19-7-2-1-3-8-19)27-31-25(22)28-13-4-5-14-28/h1-3,6-10,15,18H,4-5,11-14,16-17H2. The van der Waals surface area contributed by atoms with Crippen molar-refractivity contribution >= 4 is 11.8 Å². The Bertz CT molecular complexity index is 1060. The lowest BCUT2D eigenvalue weighted by Crippen LogP contribution is -2.33. The van der Waals surface area contributed by atoms with Gasteiger partial charge in [0, 0.05) is 30.8 Å². The van der Waals surface area contributed by atoms with Crippen LogP contribution >= 0.6 is 0 Å². The van der Waals surface area contributed by atoms with Gasteiger partial charge in [0.1, 0.15) is 11.5 Å². The molecule has 1 amide bonds. The highest BCUT2D eigenvalue weighted by Crippen LogP contribution is 2.36. The minimum Gasteiger partial charge on any atom is -0.340 e. The van der Waals surface area contributed by atoms with E-state index in [0.717, 1.165) is 61.5 Å². The Morgan fingerprint density at radius 2 is 1.87 bits per heavy atom. The maximum absolute atomic E-state index is 13.8. The number of amides is 1. The predicted octanol–water partition coefficient (Wildman–Crippen LogP) is 5.13. The van der Waals surface area contributed by atoms with Crippen LogP contribution in [0.4, 0.5) is 10.3 Å². The third kappa shape index (κ3) is 4.33. The molecule has 2 aliphatic rings. The number of nitrogens with zero attached hydrogens (tertiary/aromatic N) is 3. The van der Waals surface area contributed by atoms with Crippen molar-refractivity contribution in [1.82, 2.24) is 10.1 Å². The van der Waals surface area contributed by atoms with Gasteiger partial charge in [0.25, 0.3) is 5.91 Å². The highest BCUT2D eigenvalue weighted by molar-refractivity contribution is 5.94. The molecule has 2 aromatic carbocycles. The van der Waals surface area contributed by atoms with E-state index in [4.69, 9.17) is 4.52 Å². The summed E-state index contributed by atoms with van der Waals surface area (Å²) in [6, 6.07) is 15.9. The average molecular weight is 420 g/mol. The lowest BCUT2D eigenvalue weighted by Gasteiger charge is -2.24. The second-order valence-electron chi connectivity index (χ2n) is 8.51. The molecule has 2 heterocycles. The number of carbonyl (C=O) groups excluding carboxylic acids is 1. The van der Waals surface area contributed by atoms with Gasteiger partial charge in [0.15, 0.2) is 0 Å². The van der Waals surface area contributed by atoms with Crippen LogP contribution in [0.25, 0.3) is 11.3 Å². The molecule has 160 valence electrons. The zero-order valence-corrected chi connectivity index (χ0v) is 17.5. The van der Waals surface area contributed by atoms with Crippen LogP contribution < -0.4 is 4.90 Å². The molecule has 0 spiro atoms. The highest BCUT2D eigenvalue weighted by Gasteiger charge is 2.31. The molecule has 3 aromatic rings. The van der Waals surface area contributed by atoms with E-state index in [9.17, 15) is 9.18 Å². The van der Waals surface area contributed by atoms with Crippen LogP contribution in [0.3, 0.4) is 0 Å². The molecule has 0 N–H and O–H groups in total. The topological polar surface area (TPSA) is 49.6 Å². The second-order valence-corrected chi connectivity index (χ2v) is 8.51. The van der Waals surface area contributed by atoms with E-state index in [1.807, 2.05) is 35.2 Å². The minimum absolute atomic E-state index is 0.154. The first-order valence-corrected chi connectivity index (χ1v) is 11.0. The molecule has 0 radical (unpaired) electrons. The molecule has 31 heavy (non-hydrogen) atoms. The molecule has 6 heteroatoms. The number of benzene rings is 2. The highest BCUT2D eigenvalue weighted by atomic mass is 19.1. The number of carbonyl (C=O) groups is 1. The molecule has 1 saturated carbocycles. The zero-order chi connectivity index (χ0) is 21.2. The van der Waals surface area contributed by atoms with Crippen LogP contribution in [-0.2, 0) is 6.54 Å². The van der Waals surface area contributed by atoms with Gasteiger partial charge in [-0.15, -0.1) is 0 Å². The molecule has 1 aromatic heterocycles. The van der Waals surface area contributed by atoms with Crippen molar-refractivity contribution in [2.24, 2.45) is 5.92 Å². The number of hydrogen-bond donors (Lipinski definition) is 0. The van der Waals surface area contributed by atoms with Crippen molar-refractivity contribution in [2.45, 2.75) is 32.2 Å². The van der Waals surface area contributed by atoms with Crippen molar-refractivity contribution in [3.63, 3.8) is 0 Å². The molecule has 2 fully saturated rings. The van der Waals surface area contributed by atoms with Crippen molar-refractivity contribution < 1.29 is 13.7 Å². The van der Waals surface area contributed by atoms with E-state index in [-0.39, 0.29) is 5.91 Å². The Balaban J connectivity index is 1.51. The van der Waals surface area contributed by atoms with Gasteiger partial charge in [-0.1, -0.05) is 41.6 Å². The quantitative estimate of drug-likeness (QED) is 0.533. The molecule has 0 bridgehead atoms. The smallest absolute Gasteiger partial charge is 0.254 e. The molecule has 0 unspecified atom stereocenters. The molecule has 5 rings (SSSR count). The first kappa shape index (κ1) is 19.8. The first-order chi connectivity index (χ1) is 15.2. The van der Waals surface area contributed by atoms with E-state index in [0.29, 0.717) is 24.6 Å². The van der Waals surface area contributed by atoms with Crippen LogP contribution in [0.2, 0.25) is 0 Å². The third-order valence-corrected chi connectivity index (χ3v) is 6.09. The van der Waals surface area contributed by atoms with Gasteiger partial charge < -0.3 is 14.3 Å². The van der Waals surface area contributed by atoms with Crippen molar-refractivity contribution in [1.29, 1.82) is 0 Å². The monoisotopic (exact) mass is 419 g/mol. The third-order valence-electron chi connectivity index (χ3n) is 6.09. The van der Waals surface area contributed by atoms with Gasteiger partial charge in [-0.05, 0) is 49.8 Å². The van der Waals surface area contributed by atoms with Crippen LogP contribution in [0, 0.1) is 11.7 Å². The lowest BCUT2D eigenvalue weighted by molar-refractivity contribution is 0.0734. The fourth-order valence-electron chi connectivity index (χ4n) is 4.26. The molecule has 1 saturated heterocycles. The summed E-state index contributed by atoms with van der Waals surface area (Å²) in [5.74, 6) is 0.709. The predicted molar refractivity (Wildman–Crippen MR) is 117 cm³/mol. The van der Waals surface area contributed by atoms with E-state index in [1.54, 1.807) is 12.1 Å². The molecule has 1 aliphatic heterocycles. The van der Waals surface area contributed by atoms with E-state index in [2.05, 4.69) is 10.1 Å². The van der Waals surface area contributed by atoms with Gasteiger partial charge in [0.2, 0.25) is 5.88 Å². The maximum atomic E-state index is 13.8. The molecular weight excluding hydrogens is 393 g/mol. The molecule has 0 atom stereocenters. The largest absolute Gasteiger partial charge is 0.340 e. The van der Waals surface area contributed by atoms with Crippen molar-refractivity contribution in [3.05, 3.63) is 71.5 Å². The number of rotatable bonds is 7. The van der Waals surface area contributed by atoms with Crippen molar-refractivity contribution in [3.8, 4) is 11.3 Å². The summed E-state index contributed by atoms with van der Waals surface area (Å²) in [6.07, 6.45) is 4.49. The van der Waals surface area contributed by atoms with Crippen LogP contribution in [-0.4, -0.2) is 35.6 Å². The summed E-state index contributed by atoms with van der Waals surface area (Å²) < 4.78 is 19.6. The first-order valence-electron chi connectivity index (χ1n) is 11.0. The number of aromatic nitrogens is 1. The molecule has 1 aliphatic carbocycles. The number of anilines is 1. The van der Waals surface area contributed by atoms with Gasteiger partial charge in [-0.25, -0.2) is 4.39 Å². The minimum atomic E-state index is -0.398. The zero-order valence-electron chi connectivity index (χ0n) is 17.5. The SMILES string of the molecule is O=C(c1cccc(F)c1)N(Cc1c(-c2ccccc2)noc1N1CCCC1)CC1CC1. The maximum Gasteiger partial charge on any atom is 0.254 e. The Morgan fingerprint density at radius 1 is 1.10 bits per heavy atom. The molecular formula is C25H26FN3O2. The van der Waals surface area contributed by atoms with Gasteiger partial charge in [0.05, 0.1) is 12.1 Å². The van der Waals surface area contributed by atoms with Crippen LogP contribution in [0.5, 0.6) is 0 Å². The van der Waals surface area contributed by atoms with E-state index < -0.39 is 5.82 Å². The van der Waals surface area contributed by atoms with E-state index >= 15 is 0 Å². The van der Waals surface area contributed by atoms with Gasteiger partial charge >= 0.3 is 0 Å². The lowest BCUT2D eigenvalue weighted by atomic mass is 10.1. The Hall–Kier alpha value is -3.15. The summed E-state index contributed by atoms with van der Waals surface area (Å²) in [5.41, 5.74) is 3.05. The van der Waals surface area contributed by atoms with Crippen molar-refractivity contribution in [2.75, 3.05) is 24.5 Å². The summed E-state index contributed by atoms with van der Waals surface area (Å²) in [4.78, 5) is 17.4. The Kier molecular flexibility index (Phi) is 5.45. The summed E-state index contributed by atoms with van der Waals surface area (Å²) in [7, 11) is 0. The van der Waals surface area contributed by atoms with Crippen LogP contribution in [0.1, 0.15) is 41.6 Å². The van der Waals surface area contributed by atoms with Crippen LogP contribution in [0.15, 0.2) is 59.1 Å². The van der Waals surface area contributed by atoms with Gasteiger partial charge in [-0.3, -0.25) is 4.79 Å². The summed E-state index contributed by atoms with van der Waals surface area (Å²) >= 11 is 0. The van der Waals surface area contributed by atoms with Gasteiger partial charge in [-0.2, -0.15) is 0 Å². The molecule has 5 nitrogen and oxygen atoms in total. The van der Waals surface area contributed by atoms with E-state index in [1.165, 1.54) is 12.1 Å². The number of halogens is 1. The summed E-state index contributed by atoms with van der Waals surface area (Å²) in [5, 5.41) is 4.41. The average Bonchev–Trinajstić information content (AvgIpc) is 3.27. The Labute approximate surface area is 181 Å². The summed E-state index contributed by atoms with van der Waals surface area (Å²) in [6.45, 7) is 2.91. The second kappa shape index (κ2) is 8.53.